The number of hydrazone groups is 1. The van der Waals surface area contributed by atoms with Crippen LogP contribution in [0.15, 0.2) is 29.3 Å². The van der Waals surface area contributed by atoms with Crippen molar-refractivity contribution in [3.05, 3.63) is 52.4 Å². The summed E-state index contributed by atoms with van der Waals surface area (Å²) >= 11 is 0. The number of aryl methyl sites for hydroxylation is 1. The highest BCUT2D eigenvalue weighted by molar-refractivity contribution is 6.32. The Labute approximate surface area is 179 Å². The summed E-state index contributed by atoms with van der Waals surface area (Å²) in [5.74, 6) is -0.466. The third-order valence-electron chi connectivity index (χ3n) is 5.38. The smallest absolute Gasteiger partial charge is 0.273 e. The minimum Gasteiger partial charge on any atom is -0.379 e. The zero-order chi connectivity index (χ0) is 21.8. The molecule has 0 atom stereocenters. The molecule has 0 spiro atoms. The van der Waals surface area contributed by atoms with Crippen molar-refractivity contribution < 1.29 is 14.3 Å². The van der Waals surface area contributed by atoms with Gasteiger partial charge in [-0.3, -0.25) is 24.5 Å². The Morgan fingerprint density at radius 3 is 2.84 bits per heavy atom. The molecule has 3 N–H and O–H groups in total. The Morgan fingerprint density at radius 2 is 2.10 bits per heavy atom. The Morgan fingerprint density at radius 1 is 1.29 bits per heavy atom. The lowest BCUT2D eigenvalue weighted by Gasteiger charge is -2.26. The Balaban J connectivity index is 1.50. The van der Waals surface area contributed by atoms with Crippen molar-refractivity contribution in [1.29, 1.82) is 0 Å². The first-order chi connectivity index (χ1) is 15.0. The van der Waals surface area contributed by atoms with Crippen LogP contribution in [0.5, 0.6) is 0 Å². The van der Waals surface area contributed by atoms with E-state index in [2.05, 4.69) is 35.7 Å². The summed E-state index contributed by atoms with van der Waals surface area (Å²) in [6.45, 7) is 8.28. The van der Waals surface area contributed by atoms with E-state index in [0.29, 0.717) is 34.8 Å². The Bertz CT molecular complexity index is 1040. The van der Waals surface area contributed by atoms with Crippen LogP contribution in [0.2, 0.25) is 0 Å². The molecule has 2 aliphatic heterocycles. The number of nitrogens with one attached hydrogen (secondary N) is 3. The SMILES string of the molecule is Cc1[nH]c(C=C2C(=O)NN=C2c2cnccn2)c(C)c1C(=O)NCCN1CCOCC1. The molecule has 2 aromatic heterocycles. The lowest BCUT2D eigenvalue weighted by molar-refractivity contribution is -0.116. The number of hydrogen-bond donors (Lipinski definition) is 3. The highest BCUT2D eigenvalue weighted by atomic mass is 16.5. The van der Waals surface area contributed by atoms with Gasteiger partial charge in [0.2, 0.25) is 0 Å². The number of hydrogen-bond acceptors (Lipinski definition) is 7. The molecule has 31 heavy (non-hydrogen) atoms. The first-order valence-corrected chi connectivity index (χ1v) is 10.2. The van der Waals surface area contributed by atoms with Crippen molar-refractivity contribution >= 4 is 23.6 Å². The van der Waals surface area contributed by atoms with Crippen molar-refractivity contribution in [3.8, 4) is 0 Å². The lowest BCUT2D eigenvalue weighted by Crippen LogP contribution is -2.41. The van der Waals surface area contributed by atoms with Gasteiger partial charge in [-0.25, -0.2) is 5.43 Å². The van der Waals surface area contributed by atoms with Gasteiger partial charge in [-0.2, -0.15) is 5.10 Å². The second-order valence-electron chi connectivity index (χ2n) is 7.42. The average Bonchev–Trinajstić information content (AvgIpc) is 3.28. The van der Waals surface area contributed by atoms with Gasteiger partial charge < -0.3 is 15.0 Å². The van der Waals surface area contributed by atoms with Gasteiger partial charge in [0, 0.05) is 50.0 Å². The van der Waals surface area contributed by atoms with E-state index in [1.54, 1.807) is 24.7 Å². The zero-order valence-corrected chi connectivity index (χ0v) is 17.6. The van der Waals surface area contributed by atoms with Gasteiger partial charge in [-0.05, 0) is 25.5 Å². The van der Waals surface area contributed by atoms with Crippen LogP contribution >= 0.6 is 0 Å². The zero-order valence-electron chi connectivity index (χ0n) is 17.6. The number of aromatic amines is 1. The maximum atomic E-state index is 12.8. The highest BCUT2D eigenvalue weighted by Crippen LogP contribution is 2.22. The molecule has 0 radical (unpaired) electrons. The van der Waals surface area contributed by atoms with Crippen LogP contribution in [0.4, 0.5) is 0 Å². The number of carbonyl (C=O) groups excluding carboxylic acids is 2. The van der Waals surface area contributed by atoms with Gasteiger partial charge in [0.1, 0.15) is 11.4 Å². The summed E-state index contributed by atoms with van der Waals surface area (Å²) in [5.41, 5.74) is 6.52. The van der Waals surface area contributed by atoms with Crippen molar-refractivity contribution in [2.75, 3.05) is 39.4 Å². The van der Waals surface area contributed by atoms with Gasteiger partial charge in [-0.1, -0.05) is 0 Å². The number of amides is 2. The number of carbonyl (C=O) groups is 2. The third kappa shape index (κ3) is 4.54. The first-order valence-electron chi connectivity index (χ1n) is 10.2. The van der Waals surface area contributed by atoms with Crippen molar-refractivity contribution in [3.63, 3.8) is 0 Å². The molecule has 2 aliphatic rings. The van der Waals surface area contributed by atoms with Crippen LogP contribution in [0.1, 0.15) is 33.0 Å². The number of aromatic nitrogens is 3. The third-order valence-corrected chi connectivity index (χ3v) is 5.38. The first kappa shape index (κ1) is 20.9. The molecule has 0 bridgehead atoms. The molecule has 10 nitrogen and oxygen atoms in total. The van der Waals surface area contributed by atoms with E-state index in [1.807, 2.05) is 13.8 Å². The van der Waals surface area contributed by atoms with Crippen LogP contribution in [-0.2, 0) is 9.53 Å². The van der Waals surface area contributed by atoms with E-state index in [-0.39, 0.29) is 11.8 Å². The normalized spacial score (nSPS) is 18.2. The molecule has 10 heteroatoms. The second-order valence-corrected chi connectivity index (χ2v) is 7.42. The van der Waals surface area contributed by atoms with E-state index in [9.17, 15) is 9.59 Å². The van der Waals surface area contributed by atoms with Crippen LogP contribution in [0.3, 0.4) is 0 Å². The summed E-state index contributed by atoms with van der Waals surface area (Å²) in [6, 6.07) is 0. The summed E-state index contributed by atoms with van der Waals surface area (Å²) in [4.78, 5) is 38.9. The predicted octanol–water partition coefficient (Wildman–Crippen LogP) is 0.401. The van der Waals surface area contributed by atoms with Gasteiger partial charge in [0.15, 0.2) is 0 Å². The molecule has 4 rings (SSSR count). The number of morpholine rings is 1. The average molecular weight is 423 g/mol. The quantitative estimate of drug-likeness (QED) is 0.578. The molecule has 0 unspecified atom stereocenters. The van der Waals surface area contributed by atoms with E-state index in [0.717, 1.165) is 44.1 Å². The molecule has 1 fully saturated rings. The molecule has 4 heterocycles. The van der Waals surface area contributed by atoms with Crippen molar-refractivity contribution in [2.24, 2.45) is 5.10 Å². The van der Waals surface area contributed by atoms with Crippen LogP contribution in [-0.4, -0.2) is 76.8 Å². The van der Waals surface area contributed by atoms with Crippen LogP contribution in [0, 0.1) is 13.8 Å². The van der Waals surface area contributed by atoms with Crippen LogP contribution in [0.25, 0.3) is 6.08 Å². The minimum atomic E-state index is -0.330. The largest absolute Gasteiger partial charge is 0.379 e. The fourth-order valence-corrected chi connectivity index (χ4v) is 3.73. The van der Waals surface area contributed by atoms with Crippen molar-refractivity contribution in [1.82, 2.24) is 30.6 Å². The fraction of sp³-hybridized carbons (Fsp3) is 0.381. The number of ether oxygens (including phenoxy) is 1. The minimum absolute atomic E-state index is 0.136. The van der Waals surface area contributed by atoms with Gasteiger partial charge in [0.25, 0.3) is 11.8 Å². The fourth-order valence-electron chi connectivity index (χ4n) is 3.73. The molecular formula is C21H25N7O3. The van der Waals surface area contributed by atoms with E-state index in [1.165, 1.54) is 0 Å². The maximum absolute atomic E-state index is 12.8. The molecule has 0 saturated carbocycles. The summed E-state index contributed by atoms with van der Waals surface area (Å²) < 4.78 is 5.35. The monoisotopic (exact) mass is 423 g/mol. The molecular weight excluding hydrogens is 398 g/mol. The number of rotatable bonds is 6. The van der Waals surface area contributed by atoms with E-state index in [4.69, 9.17) is 4.74 Å². The van der Waals surface area contributed by atoms with Crippen molar-refractivity contribution in [2.45, 2.75) is 13.8 Å². The number of nitrogens with zero attached hydrogens (tertiary/aromatic N) is 4. The lowest BCUT2D eigenvalue weighted by atomic mass is 10.0. The predicted molar refractivity (Wildman–Crippen MR) is 115 cm³/mol. The Kier molecular flexibility index (Phi) is 6.19. The highest BCUT2D eigenvalue weighted by Gasteiger charge is 2.26. The molecule has 0 aliphatic carbocycles. The summed E-state index contributed by atoms with van der Waals surface area (Å²) in [6.07, 6.45) is 6.34. The van der Waals surface area contributed by atoms with E-state index < -0.39 is 0 Å². The molecule has 1 saturated heterocycles. The standard InChI is InChI=1S/C21H25N7O3/c1-13-16(11-15-19(26-27-20(15)29)17-12-22-3-4-23-17)25-14(2)18(13)21(30)24-5-6-28-7-9-31-10-8-28/h3-4,11-12,25H,5-10H2,1-2H3,(H,24,30)(H,27,29). The van der Waals surface area contributed by atoms with Gasteiger partial charge >= 0.3 is 0 Å². The second kappa shape index (κ2) is 9.19. The molecule has 162 valence electrons. The Hall–Kier alpha value is -3.37. The summed E-state index contributed by atoms with van der Waals surface area (Å²) in [7, 11) is 0. The molecule has 0 aromatic carbocycles. The van der Waals surface area contributed by atoms with Crippen LogP contribution < -0.4 is 10.7 Å². The van der Waals surface area contributed by atoms with E-state index >= 15 is 0 Å². The topological polar surface area (TPSA) is 125 Å². The molecule has 2 amide bonds. The summed E-state index contributed by atoms with van der Waals surface area (Å²) in [5, 5.41) is 7.08. The number of H-pyrrole nitrogens is 1. The molecule has 2 aromatic rings. The van der Waals surface area contributed by atoms with Gasteiger partial charge in [0.05, 0.1) is 30.5 Å². The van der Waals surface area contributed by atoms with Gasteiger partial charge in [-0.15, -0.1) is 0 Å². The maximum Gasteiger partial charge on any atom is 0.273 e.